The maximum absolute atomic E-state index is 9.88. The van der Waals surface area contributed by atoms with Crippen LogP contribution in [0.15, 0.2) is 18.2 Å². The minimum atomic E-state index is -0.450. The summed E-state index contributed by atoms with van der Waals surface area (Å²) in [6.07, 6.45) is 0.871. The molecule has 0 bridgehead atoms. The van der Waals surface area contributed by atoms with E-state index in [4.69, 9.17) is 4.74 Å². The lowest BCUT2D eigenvalue weighted by Crippen LogP contribution is -2.32. The Bertz CT molecular complexity index is 419. The van der Waals surface area contributed by atoms with Gasteiger partial charge < -0.3 is 15.2 Å². The third-order valence-corrected chi connectivity index (χ3v) is 3.84. The normalized spacial score (nSPS) is 23.2. The Kier molecular flexibility index (Phi) is 4.83. The highest BCUT2D eigenvalue weighted by Crippen LogP contribution is 2.36. The first kappa shape index (κ1) is 14.4. The van der Waals surface area contributed by atoms with E-state index in [9.17, 15) is 5.11 Å². The van der Waals surface area contributed by atoms with E-state index >= 15 is 0 Å². The second-order valence-corrected chi connectivity index (χ2v) is 5.87. The highest BCUT2D eigenvalue weighted by atomic mass is 16.5. The molecule has 0 radical (unpaired) electrons. The first-order valence-electron chi connectivity index (χ1n) is 7.15. The molecule has 3 heteroatoms. The minimum absolute atomic E-state index is 0.345. The van der Waals surface area contributed by atoms with Crippen molar-refractivity contribution < 1.29 is 9.84 Å². The van der Waals surface area contributed by atoms with Crippen LogP contribution in [0.2, 0.25) is 0 Å². The van der Waals surface area contributed by atoms with Crippen LogP contribution in [-0.2, 0) is 0 Å². The first-order chi connectivity index (χ1) is 9.06. The number of aryl methyl sites for hydroxylation is 2. The number of hydrogen-bond donors (Lipinski definition) is 2. The van der Waals surface area contributed by atoms with Crippen molar-refractivity contribution >= 4 is 0 Å². The smallest absolute Gasteiger partial charge is 0.122 e. The highest BCUT2D eigenvalue weighted by molar-refractivity contribution is 5.35. The molecule has 0 aliphatic heterocycles. The van der Waals surface area contributed by atoms with Crippen LogP contribution in [0.1, 0.15) is 24.5 Å². The van der Waals surface area contributed by atoms with Gasteiger partial charge in [-0.05, 0) is 55.8 Å². The molecule has 3 unspecified atom stereocenters. The van der Waals surface area contributed by atoms with Gasteiger partial charge in [0.25, 0.3) is 0 Å². The van der Waals surface area contributed by atoms with E-state index in [1.807, 2.05) is 26.0 Å². The number of hydrogen-bond acceptors (Lipinski definition) is 3. The Labute approximate surface area is 116 Å². The van der Waals surface area contributed by atoms with Crippen LogP contribution in [-0.4, -0.2) is 30.9 Å². The van der Waals surface area contributed by atoms with E-state index in [0.717, 1.165) is 29.7 Å². The molecule has 0 spiro atoms. The van der Waals surface area contributed by atoms with Crippen LogP contribution >= 0.6 is 0 Å². The van der Waals surface area contributed by atoms with Crippen molar-refractivity contribution in [2.75, 3.05) is 19.7 Å². The fourth-order valence-corrected chi connectivity index (χ4v) is 2.23. The molecule has 2 rings (SSSR count). The Balaban J connectivity index is 1.67. The van der Waals surface area contributed by atoms with E-state index in [1.165, 1.54) is 12.0 Å². The molecule has 19 heavy (non-hydrogen) atoms. The van der Waals surface area contributed by atoms with Crippen molar-refractivity contribution in [3.8, 4) is 5.75 Å². The summed E-state index contributed by atoms with van der Waals surface area (Å²) in [5.74, 6) is 2.54. The van der Waals surface area contributed by atoms with Crippen molar-refractivity contribution in [1.82, 2.24) is 5.32 Å². The Morgan fingerprint density at radius 2 is 2.16 bits per heavy atom. The Morgan fingerprint density at radius 3 is 2.84 bits per heavy atom. The summed E-state index contributed by atoms with van der Waals surface area (Å²) in [6, 6.07) is 6.13. The lowest BCUT2D eigenvalue weighted by molar-refractivity contribution is 0.106. The predicted molar refractivity (Wildman–Crippen MR) is 77.6 cm³/mol. The summed E-state index contributed by atoms with van der Waals surface area (Å²) in [5, 5.41) is 13.2. The van der Waals surface area contributed by atoms with E-state index in [2.05, 4.69) is 18.3 Å². The number of ether oxygens (including phenoxy) is 1. The van der Waals surface area contributed by atoms with Crippen LogP contribution in [0.5, 0.6) is 5.75 Å². The van der Waals surface area contributed by atoms with Crippen LogP contribution < -0.4 is 10.1 Å². The third-order valence-electron chi connectivity index (χ3n) is 3.84. The van der Waals surface area contributed by atoms with Gasteiger partial charge in [0.05, 0.1) is 0 Å². The van der Waals surface area contributed by atoms with Gasteiger partial charge in [-0.15, -0.1) is 0 Å². The highest BCUT2D eigenvalue weighted by Gasteiger charge is 2.31. The number of aliphatic hydroxyl groups is 1. The molecule has 1 fully saturated rings. The van der Waals surface area contributed by atoms with Gasteiger partial charge in [-0.3, -0.25) is 0 Å². The number of aliphatic hydroxyl groups excluding tert-OH is 1. The molecule has 2 N–H and O–H groups in total. The molecule has 1 aromatic rings. The van der Waals surface area contributed by atoms with Crippen molar-refractivity contribution in [2.45, 2.75) is 33.3 Å². The monoisotopic (exact) mass is 263 g/mol. The lowest BCUT2D eigenvalue weighted by Gasteiger charge is -2.15. The maximum atomic E-state index is 9.88. The predicted octanol–water partition coefficient (Wildman–Crippen LogP) is 2.29. The molecular weight excluding hydrogens is 238 g/mol. The molecule has 1 saturated carbocycles. The third kappa shape index (κ3) is 4.51. The molecule has 0 aromatic heterocycles. The van der Waals surface area contributed by atoms with Crippen LogP contribution in [0.25, 0.3) is 0 Å². The summed E-state index contributed by atoms with van der Waals surface area (Å²) in [4.78, 5) is 0. The minimum Gasteiger partial charge on any atom is -0.491 e. The Morgan fingerprint density at radius 1 is 1.42 bits per heavy atom. The van der Waals surface area contributed by atoms with Crippen molar-refractivity contribution in [1.29, 1.82) is 0 Å². The van der Waals surface area contributed by atoms with Gasteiger partial charge in [0.15, 0.2) is 0 Å². The average Bonchev–Trinajstić information content (AvgIpc) is 3.06. The fourth-order valence-electron chi connectivity index (χ4n) is 2.23. The van der Waals surface area contributed by atoms with Gasteiger partial charge in [0, 0.05) is 6.54 Å². The standard InChI is InChI=1S/C16H25NO2/c1-11-4-5-12(2)16(6-11)19-10-15(18)9-17-8-14-7-13(14)3/h4-6,13-15,17-18H,7-10H2,1-3H3. The van der Waals surface area contributed by atoms with Gasteiger partial charge in [0.1, 0.15) is 18.5 Å². The topological polar surface area (TPSA) is 41.5 Å². The molecule has 0 heterocycles. The molecule has 0 saturated heterocycles. The number of nitrogens with one attached hydrogen (secondary N) is 1. The fraction of sp³-hybridized carbons (Fsp3) is 0.625. The van der Waals surface area contributed by atoms with E-state index in [0.29, 0.717) is 13.2 Å². The quantitative estimate of drug-likeness (QED) is 0.793. The molecule has 1 aromatic carbocycles. The molecule has 3 atom stereocenters. The molecule has 1 aliphatic carbocycles. The van der Waals surface area contributed by atoms with Crippen LogP contribution in [0.3, 0.4) is 0 Å². The van der Waals surface area contributed by atoms with Gasteiger partial charge in [0.2, 0.25) is 0 Å². The first-order valence-corrected chi connectivity index (χ1v) is 7.15. The zero-order chi connectivity index (χ0) is 13.8. The summed E-state index contributed by atoms with van der Waals surface area (Å²) in [6.45, 7) is 8.30. The lowest BCUT2D eigenvalue weighted by atomic mass is 10.1. The second-order valence-electron chi connectivity index (χ2n) is 5.87. The van der Waals surface area contributed by atoms with Crippen LogP contribution in [0, 0.1) is 25.7 Å². The molecular formula is C16H25NO2. The molecule has 3 nitrogen and oxygen atoms in total. The van der Waals surface area contributed by atoms with Crippen molar-refractivity contribution in [3.63, 3.8) is 0 Å². The average molecular weight is 263 g/mol. The number of rotatable bonds is 7. The molecule has 106 valence electrons. The zero-order valence-electron chi connectivity index (χ0n) is 12.1. The SMILES string of the molecule is Cc1ccc(C)c(OCC(O)CNCC2CC2C)c1. The van der Waals surface area contributed by atoms with Gasteiger partial charge in [-0.1, -0.05) is 19.1 Å². The van der Waals surface area contributed by atoms with Crippen molar-refractivity contribution in [2.24, 2.45) is 11.8 Å². The summed E-state index contributed by atoms with van der Waals surface area (Å²) in [7, 11) is 0. The van der Waals surface area contributed by atoms with Crippen molar-refractivity contribution in [3.05, 3.63) is 29.3 Å². The van der Waals surface area contributed by atoms with E-state index in [1.54, 1.807) is 0 Å². The Hall–Kier alpha value is -1.06. The van der Waals surface area contributed by atoms with Gasteiger partial charge in [-0.25, -0.2) is 0 Å². The largest absolute Gasteiger partial charge is 0.491 e. The number of benzene rings is 1. The maximum Gasteiger partial charge on any atom is 0.122 e. The molecule has 0 amide bonds. The van der Waals surface area contributed by atoms with Crippen LogP contribution in [0.4, 0.5) is 0 Å². The van der Waals surface area contributed by atoms with E-state index in [-0.39, 0.29) is 0 Å². The summed E-state index contributed by atoms with van der Waals surface area (Å²) < 4.78 is 5.68. The summed E-state index contributed by atoms with van der Waals surface area (Å²) in [5.41, 5.74) is 2.29. The summed E-state index contributed by atoms with van der Waals surface area (Å²) >= 11 is 0. The van der Waals surface area contributed by atoms with Gasteiger partial charge >= 0.3 is 0 Å². The zero-order valence-corrected chi connectivity index (χ0v) is 12.1. The second kappa shape index (κ2) is 6.40. The molecule has 1 aliphatic rings. The van der Waals surface area contributed by atoms with E-state index < -0.39 is 6.10 Å². The van der Waals surface area contributed by atoms with Gasteiger partial charge in [-0.2, -0.15) is 0 Å².